The highest BCUT2D eigenvalue weighted by Gasteiger charge is 2.23. The Balaban J connectivity index is 1.08. The van der Waals surface area contributed by atoms with Crippen molar-refractivity contribution in [2.45, 2.75) is 0 Å². The van der Waals surface area contributed by atoms with Gasteiger partial charge in [0.05, 0.1) is 11.2 Å². The van der Waals surface area contributed by atoms with E-state index in [4.69, 9.17) is 9.40 Å². The molecule has 0 amide bonds. The third-order valence-corrected chi connectivity index (χ3v) is 14.4. The van der Waals surface area contributed by atoms with E-state index in [1.807, 2.05) is 11.3 Å². The zero-order chi connectivity index (χ0) is 40.5. The van der Waals surface area contributed by atoms with Crippen molar-refractivity contribution in [1.82, 2.24) is 4.98 Å². The van der Waals surface area contributed by atoms with Crippen LogP contribution in [0.5, 0.6) is 0 Å². The Morgan fingerprint density at radius 1 is 0.371 bits per heavy atom. The standard InChI is InChI=1S/C59H33NOS/c1-2-14-34(15-3-1)57-47-29-28-45-40-20-12-13-25-52(40)62-59(45)56(47)46-27-26-38(32-50(46)60-57)53-41-21-8-10-23-43(41)54(44-24-11-9-22-42(44)53)49-31-37-18-6-7-19-39(37)55-48-30-35-16-4-5-17-36(35)33-51(48)61-58(49)55/h1-33H. The predicted molar refractivity (Wildman–Crippen MR) is 266 cm³/mol. The van der Waals surface area contributed by atoms with Crippen LogP contribution in [0.15, 0.2) is 205 Å². The fourth-order valence-corrected chi connectivity index (χ4v) is 11.7. The molecule has 3 aromatic heterocycles. The third-order valence-electron chi connectivity index (χ3n) is 13.2. The van der Waals surface area contributed by atoms with Gasteiger partial charge in [-0.25, -0.2) is 4.98 Å². The second-order valence-electron chi connectivity index (χ2n) is 16.5. The van der Waals surface area contributed by atoms with Crippen LogP contribution in [-0.2, 0) is 0 Å². The fourth-order valence-electron chi connectivity index (χ4n) is 10.5. The van der Waals surface area contributed by atoms with Gasteiger partial charge in [-0.1, -0.05) is 170 Å². The lowest BCUT2D eigenvalue weighted by Gasteiger charge is -2.19. The van der Waals surface area contributed by atoms with Crippen molar-refractivity contribution in [3.8, 4) is 33.5 Å². The minimum absolute atomic E-state index is 0.903. The SMILES string of the molecule is c1ccc(-c2nc3cc(-c4c5ccccc5c(-c5cc6ccccc6c6c5oc5cc7ccccc7cc56)c5ccccc45)ccc3c3c2ccc2c4ccccc4sc23)cc1. The Morgan fingerprint density at radius 2 is 0.968 bits per heavy atom. The molecule has 11 aromatic carbocycles. The number of hydrogen-bond acceptors (Lipinski definition) is 3. The quantitative estimate of drug-likeness (QED) is 0.131. The highest BCUT2D eigenvalue weighted by Crippen LogP contribution is 2.50. The zero-order valence-electron chi connectivity index (χ0n) is 33.3. The van der Waals surface area contributed by atoms with E-state index < -0.39 is 0 Å². The molecule has 14 rings (SSSR count). The molecule has 14 aromatic rings. The molecule has 0 spiro atoms. The van der Waals surface area contributed by atoms with Crippen molar-refractivity contribution >= 4 is 118 Å². The van der Waals surface area contributed by atoms with E-state index in [0.29, 0.717) is 0 Å². The number of pyridine rings is 1. The molecular formula is C59H33NOS. The monoisotopic (exact) mass is 803 g/mol. The molecule has 0 unspecified atom stereocenters. The van der Waals surface area contributed by atoms with Crippen LogP contribution >= 0.6 is 11.3 Å². The molecular weight excluding hydrogens is 771 g/mol. The number of rotatable bonds is 3. The summed E-state index contributed by atoms with van der Waals surface area (Å²) < 4.78 is 9.65. The van der Waals surface area contributed by atoms with Gasteiger partial charge in [-0.3, -0.25) is 0 Å². The van der Waals surface area contributed by atoms with Gasteiger partial charge in [0.15, 0.2) is 0 Å². The highest BCUT2D eigenvalue weighted by molar-refractivity contribution is 7.26. The summed E-state index contributed by atoms with van der Waals surface area (Å²) in [6, 6.07) is 73.0. The number of thiophene rings is 1. The summed E-state index contributed by atoms with van der Waals surface area (Å²) in [5, 5.41) is 18.0. The smallest absolute Gasteiger partial charge is 0.143 e. The van der Waals surface area contributed by atoms with Crippen molar-refractivity contribution < 1.29 is 4.42 Å². The Hall–Kier alpha value is -7.85. The van der Waals surface area contributed by atoms with Crippen LogP contribution < -0.4 is 0 Å². The average molecular weight is 804 g/mol. The van der Waals surface area contributed by atoms with Crippen molar-refractivity contribution in [2.24, 2.45) is 0 Å². The molecule has 0 aliphatic rings. The minimum atomic E-state index is 0.903. The molecule has 0 saturated carbocycles. The summed E-state index contributed by atoms with van der Waals surface area (Å²) in [4.78, 5) is 5.54. The number of fused-ring (bicyclic) bond motifs is 15. The first-order chi connectivity index (χ1) is 30.7. The number of aromatic nitrogens is 1. The lowest BCUT2D eigenvalue weighted by atomic mass is 9.84. The minimum Gasteiger partial charge on any atom is -0.455 e. The Labute approximate surface area is 359 Å². The third kappa shape index (κ3) is 4.77. The maximum atomic E-state index is 7.04. The van der Waals surface area contributed by atoms with Gasteiger partial charge in [-0.05, 0) is 84.5 Å². The first-order valence-corrected chi connectivity index (χ1v) is 22.0. The average Bonchev–Trinajstić information content (AvgIpc) is 3.91. The topological polar surface area (TPSA) is 26.0 Å². The van der Waals surface area contributed by atoms with Crippen molar-refractivity contribution in [2.75, 3.05) is 0 Å². The normalized spacial score (nSPS) is 12.2. The van der Waals surface area contributed by atoms with Gasteiger partial charge in [-0.2, -0.15) is 0 Å². The van der Waals surface area contributed by atoms with Gasteiger partial charge < -0.3 is 4.42 Å². The van der Waals surface area contributed by atoms with Crippen molar-refractivity contribution in [1.29, 1.82) is 0 Å². The molecule has 0 N–H and O–H groups in total. The molecule has 2 nitrogen and oxygen atoms in total. The van der Waals surface area contributed by atoms with Gasteiger partial charge >= 0.3 is 0 Å². The lowest BCUT2D eigenvalue weighted by molar-refractivity contribution is 0.671. The van der Waals surface area contributed by atoms with Gasteiger partial charge in [0, 0.05) is 63.8 Å². The lowest BCUT2D eigenvalue weighted by Crippen LogP contribution is -1.93. The first kappa shape index (κ1) is 33.9. The Morgan fingerprint density at radius 3 is 1.73 bits per heavy atom. The summed E-state index contributed by atoms with van der Waals surface area (Å²) in [5.74, 6) is 0. The van der Waals surface area contributed by atoms with Gasteiger partial charge in [0.1, 0.15) is 11.2 Å². The molecule has 3 heterocycles. The summed E-state index contributed by atoms with van der Waals surface area (Å²) >= 11 is 1.88. The van der Waals surface area contributed by atoms with Gasteiger partial charge in [-0.15, -0.1) is 11.3 Å². The van der Waals surface area contributed by atoms with Crippen LogP contribution in [0.2, 0.25) is 0 Å². The van der Waals surface area contributed by atoms with Crippen LogP contribution in [0, 0.1) is 0 Å². The molecule has 0 fully saturated rings. The van der Waals surface area contributed by atoms with Crippen LogP contribution in [0.25, 0.3) is 140 Å². The summed E-state index contributed by atoms with van der Waals surface area (Å²) in [6.45, 7) is 0. The molecule has 0 aliphatic heterocycles. The zero-order valence-corrected chi connectivity index (χ0v) is 34.1. The highest BCUT2D eigenvalue weighted by atomic mass is 32.1. The van der Waals surface area contributed by atoms with E-state index in [9.17, 15) is 0 Å². The molecule has 3 heteroatoms. The van der Waals surface area contributed by atoms with Gasteiger partial charge in [0.2, 0.25) is 0 Å². The van der Waals surface area contributed by atoms with E-state index in [-0.39, 0.29) is 0 Å². The molecule has 0 atom stereocenters. The molecule has 62 heavy (non-hydrogen) atoms. The number of furan rings is 1. The summed E-state index contributed by atoms with van der Waals surface area (Å²) in [7, 11) is 0. The predicted octanol–water partition coefficient (Wildman–Crippen LogP) is 17.3. The molecule has 0 bridgehead atoms. The second kappa shape index (κ2) is 12.8. The van der Waals surface area contributed by atoms with E-state index >= 15 is 0 Å². The molecule has 286 valence electrons. The summed E-state index contributed by atoms with van der Waals surface area (Å²) in [6.07, 6.45) is 0. The maximum Gasteiger partial charge on any atom is 0.143 e. The number of hydrogen-bond donors (Lipinski definition) is 0. The van der Waals surface area contributed by atoms with Crippen LogP contribution in [0.4, 0.5) is 0 Å². The fraction of sp³-hybridized carbons (Fsp3) is 0. The molecule has 0 saturated heterocycles. The van der Waals surface area contributed by atoms with E-state index in [2.05, 4.69) is 200 Å². The summed E-state index contributed by atoms with van der Waals surface area (Å²) in [5.41, 5.74) is 9.57. The van der Waals surface area contributed by atoms with Crippen LogP contribution in [0.3, 0.4) is 0 Å². The Bertz CT molecular complexity index is 4160. The first-order valence-electron chi connectivity index (χ1n) is 21.2. The van der Waals surface area contributed by atoms with Crippen LogP contribution in [-0.4, -0.2) is 4.98 Å². The van der Waals surface area contributed by atoms with E-state index in [0.717, 1.165) is 49.8 Å². The van der Waals surface area contributed by atoms with Crippen molar-refractivity contribution in [3.63, 3.8) is 0 Å². The van der Waals surface area contributed by atoms with Crippen LogP contribution in [0.1, 0.15) is 0 Å². The largest absolute Gasteiger partial charge is 0.455 e. The van der Waals surface area contributed by atoms with Crippen molar-refractivity contribution in [3.05, 3.63) is 200 Å². The Kier molecular flexibility index (Phi) is 7.02. The van der Waals surface area contributed by atoms with Gasteiger partial charge in [0.25, 0.3) is 0 Å². The molecule has 0 aliphatic carbocycles. The molecule has 0 radical (unpaired) electrons. The van der Waals surface area contributed by atoms with E-state index in [1.54, 1.807) is 0 Å². The number of benzene rings is 11. The maximum absolute atomic E-state index is 7.04. The number of nitrogens with zero attached hydrogens (tertiary/aromatic N) is 1. The second-order valence-corrected chi connectivity index (χ2v) is 17.6. The van der Waals surface area contributed by atoms with E-state index in [1.165, 1.54) is 90.5 Å².